The van der Waals surface area contributed by atoms with Crippen LogP contribution >= 0.6 is 0 Å². The highest BCUT2D eigenvalue weighted by Crippen LogP contribution is 2.44. The molecule has 1 amide bonds. The van der Waals surface area contributed by atoms with Crippen molar-refractivity contribution in [2.24, 2.45) is 0 Å². The Morgan fingerprint density at radius 1 is 0.571 bits per heavy atom. The fourth-order valence-corrected chi connectivity index (χ4v) is 6.26. The van der Waals surface area contributed by atoms with Gasteiger partial charge in [-0.05, 0) is 80.0 Å². The fourth-order valence-electron chi connectivity index (χ4n) is 6.26. The number of nitrogens with one attached hydrogen (secondary N) is 1. The number of amides is 1. The number of aryl methyl sites for hydroxylation is 1. The van der Waals surface area contributed by atoms with E-state index in [4.69, 9.17) is 0 Å². The van der Waals surface area contributed by atoms with Crippen LogP contribution in [0.15, 0.2) is 109 Å². The molecule has 5 heteroatoms. The number of carboxylic acid groups (broad SMARTS) is 1. The Morgan fingerprint density at radius 2 is 1.10 bits per heavy atom. The molecule has 7 aromatic carbocycles. The average Bonchev–Trinajstić information content (AvgIpc) is 3.00. The Kier molecular flexibility index (Phi) is 5.94. The summed E-state index contributed by atoms with van der Waals surface area (Å²) in [6.45, 7) is 1.99. The second kappa shape index (κ2) is 9.82. The Hall–Kier alpha value is -5.55. The number of hydrogen-bond donors (Lipinski definition) is 2. The van der Waals surface area contributed by atoms with Gasteiger partial charge in [-0.3, -0.25) is 9.59 Å². The van der Waals surface area contributed by atoms with Crippen molar-refractivity contribution < 1.29 is 19.5 Å². The summed E-state index contributed by atoms with van der Waals surface area (Å²) >= 11 is 0. The van der Waals surface area contributed by atoms with Gasteiger partial charge >= 0.3 is 5.97 Å². The molecule has 0 saturated heterocycles. The van der Waals surface area contributed by atoms with E-state index >= 15 is 0 Å². The van der Waals surface area contributed by atoms with E-state index in [0.29, 0.717) is 22.2 Å². The second-order valence-corrected chi connectivity index (χ2v) is 10.6. The number of carbonyl (C=O) groups excluding carboxylic acids is 2. The van der Waals surface area contributed by atoms with Gasteiger partial charge in [0, 0.05) is 28.6 Å². The molecule has 7 rings (SSSR count). The number of carbonyl (C=O) groups is 3. The van der Waals surface area contributed by atoms with Gasteiger partial charge in [0.2, 0.25) is 0 Å². The van der Waals surface area contributed by atoms with Crippen LogP contribution in [0.4, 0.5) is 5.69 Å². The molecule has 0 radical (unpaired) electrons. The summed E-state index contributed by atoms with van der Waals surface area (Å²) in [7, 11) is 0. The van der Waals surface area contributed by atoms with Crippen LogP contribution in [0.25, 0.3) is 43.1 Å². The summed E-state index contributed by atoms with van der Waals surface area (Å²) in [5.41, 5.74) is 3.59. The van der Waals surface area contributed by atoms with E-state index in [0.717, 1.165) is 48.8 Å². The molecular weight excluding hydrogens is 522 g/mol. The first-order valence-electron chi connectivity index (χ1n) is 13.8. The van der Waals surface area contributed by atoms with Crippen molar-refractivity contribution in [1.29, 1.82) is 0 Å². The van der Waals surface area contributed by atoms with Crippen molar-refractivity contribution in [3.05, 3.63) is 137 Å². The lowest BCUT2D eigenvalue weighted by Gasteiger charge is -2.20. The third-order valence-corrected chi connectivity index (χ3v) is 8.12. The normalized spacial score (nSPS) is 11.5. The van der Waals surface area contributed by atoms with Crippen molar-refractivity contribution in [1.82, 2.24) is 0 Å². The monoisotopic (exact) mass is 547 g/mol. The molecule has 42 heavy (non-hydrogen) atoms. The first-order chi connectivity index (χ1) is 20.4. The number of anilines is 1. The SMILES string of the molecule is Cc1ccc2c3ccc(C(=O)Cc4ccccc4)c4c(C(=O)O)ccc(c5ccc(C(=O)Nc6ccccc6)c1c52)c43. The summed E-state index contributed by atoms with van der Waals surface area (Å²) in [6.07, 6.45) is 0.170. The van der Waals surface area contributed by atoms with Gasteiger partial charge in [0.25, 0.3) is 5.91 Å². The van der Waals surface area contributed by atoms with Gasteiger partial charge < -0.3 is 10.4 Å². The molecule has 7 aromatic rings. The van der Waals surface area contributed by atoms with E-state index in [-0.39, 0.29) is 23.7 Å². The lowest BCUT2D eigenvalue weighted by Crippen LogP contribution is -2.13. The van der Waals surface area contributed by atoms with Crippen molar-refractivity contribution in [2.45, 2.75) is 13.3 Å². The molecule has 202 valence electrons. The number of para-hydroxylation sites is 1. The zero-order valence-electron chi connectivity index (χ0n) is 22.8. The van der Waals surface area contributed by atoms with E-state index in [2.05, 4.69) is 5.32 Å². The minimum atomic E-state index is -1.08. The number of hydrogen-bond acceptors (Lipinski definition) is 3. The third kappa shape index (κ3) is 3.98. The van der Waals surface area contributed by atoms with E-state index in [1.165, 1.54) is 0 Å². The van der Waals surface area contributed by atoms with Crippen LogP contribution in [0, 0.1) is 6.92 Å². The molecule has 0 atom stereocenters. The maximum absolute atomic E-state index is 13.6. The largest absolute Gasteiger partial charge is 0.478 e. The zero-order valence-corrected chi connectivity index (χ0v) is 22.8. The summed E-state index contributed by atoms with van der Waals surface area (Å²) < 4.78 is 0. The molecule has 0 aliphatic carbocycles. The van der Waals surface area contributed by atoms with Crippen molar-refractivity contribution in [3.8, 4) is 0 Å². The second-order valence-electron chi connectivity index (χ2n) is 10.6. The number of fused-ring (bicyclic) bond motifs is 2. The van der Waals surface area contributed by atoms with Crippen LogP contribution in [-0.2, 0) is 6.42 Å². The van der Waals surface area contributed by atoms with Gasteiger partial charge in [-0.1, -0.05) is 84.9 Å². The first-order valence-corrected chi connectivity index (χ1v) is 13.8. The molecule has 0 unspecified atom stereocenters. The summed E-state index contributed by atoms with van der Waals surface area (Å²) in [6, 6.07) is 33.7. The Morgan fingerprint density at radius 3 is 1.71 bits per heavy atom. The van der Waals surface area contributed by atoms with Crippen molar-refractivity contribution in [2.75, 3.05) is 5.32 Å². The van der Waals surface area contributed by atoms with Gasteiger partial charge in [-0.15, -0.1) is 0 Å². The maximum atomic E-state index is 13.6. The molecule has 0 aromatic heterocycles. The topological polar surface area (TPSA) is 83.5 Å². The molecule has 2 N–H and O–H groups in total. The quantitative estimate of drug-likeness (QED) is 0.124. The molecular formula is C37H25NO4. The van der Waals surface area contributed by atoms with Crippen molar-refractivity contribution >= 4 is 66.4 Å². The molecule has 0 saturated carbocycles. The van der Waals surface area contributed by atoms with Crippen LogP contribution < -0.4 is 5.32 Å². The van der Waals surface area contributed by atoms with Crippen LogP contribution in [0.1, 0.15) is 42.2 Å². The Bertz CT molecular complexity index is 2180. The van der Waals surface area contributed by atoms with Gasteiger partial charge in [0.1, 0.15) is 0 Å². The predicted octanol–water partition coefficient (Wildman–Crippen LogP) is 8.42. The number of ketones is 1. The minimum Gasteiger partial charge on any atom is -0.478 e. The Balaban J connectivity index is 1.51. The first kappa shape index (κ1) is 25.4. The van der Waals surface area contributed by atoms with Crippen LogP contribution in [0.2, 0.25) is 0 Å². The number of carboxylic acids is 1. The minimum absolute atomic E-state index is 0.0951. The highest BCUT2D eigenvalue weighted by Gasteiger charge is 2.24. The maximum Gasteiger partial charge on any atom is 0.336 e. The predicted molar refractivity (Wildman–Crippen MR) is 168 cm³/mol. The molecule has 0 fully saturated rings. The molecule has 0 bridgehead atoms. The van der Waals surface area contributed by atoms with Crippen LogP contribution in [0.5, 0.6) is 0 Å². The lowest BCUT2D eigenvalue weighted by molar-refractivity contribution is 0.0698. The van der Waals surface area contributed by atoms with E-state index in [9.17, 15) is 19.5 Å². The van der Waals surface area contributed by atoms with E-state index in [1.54, 1.807) is 12.1 Å². The molecule has 0 heterocycles. The highest BCUT2D eigenvalue weighted by atomic mass is 16.4. The fraction of sp³-hybridized carbons (Fsp3) is 0.0541. The summed E-state index contributed by atoms with van der Waals surface area (Å²) in [5, 5.41) is 19.7. The lowest BCUT2D eigenvalue weighted by atomic mass is 9.83. The average molecular weight is 548 g/mol. The molecule has 0 aliphatic rings. The zero-order chi connectivity index (χ0) is 29.0. The molecule has 0 aliphatic heterocycles. The molecule has 5 nitrogen and oxygen atoms in total. The van der Waals surface area contributed by atoms with Gasteiger partial charge in [-0.25, -0.2) is 4.79 Å². The number of aromatic carboxylic acids is 1. The van der Waals surface area contributed by atoms with Crippen molar-refractivity contribution in [3.63, 3.8) is 0 Å². The van der Waals surface area contributed by atoms with E-state index in [1.807, 2.05) is 104 Å². The Labute approximate surface area is 241 Å². The third-order valence-electron chi connectivity index (χ3n) is 8.12. The summed E-state index contributed by atoms with van der Waals surface area (Å²) in [5.74, 6) is -1.42. The number of benzene rings is 7. The number of Topliss-reactive ketones (excluding diaryl/α,β-unsaturated/α-hetero) is 1. The van der Waals surface area contributed by atoms with Gasteiger partial charge in [0.15, 0.2) is 5.78 Å². The van der Waals surface area contributed by atoms with Crippen LogP contribution in [0.3, 0.4) is 0 Å². The number of rotatable bonds is 6. The molecule has 0 spiro atoms. The van der Waals surface area contributed by atoms with E-state index < -0.39 is 5.97 Å². The van der Waals surface area contributed by atoms with Gasteiger partial charge in [0.05, 0.1) is 5.56 Å². The smallest absolute Gasteiger partial charge is 0.336 e. The highest BCUT2D eigenvalue weighted by molar-refractivity contribution is 6.37. The van der Waals surface area contributed by atoms with Crippen LogP contribution in [-0.4, -0.2) is 22.8 Å². The summed E-state index contributed by atoms with van der Waals surface area (Å²) in [4.78, 5) is 39.6. The standard InChI is InChI=1S/C37H25NO4/c1-21-12-13-24-26-14-17-28(31(39)20-22-8-4-2-5-9-22)35-30(37(41)42)19-16-27(34(26)35)25-15-18-29(32(21)33(24)25)36(40)38-23-10-6-3-7-11-23/h2-19H,20H2,1H3,(H,38,40)(H,41,42). The van der Waals surface area contributed by atoms with Gasteiger partial charge in [-0.2, -0.15) is 0 Å².